The van der Waals surface area contributed by atoms with Gasteiger partial charge in [-0.25, -0.2) is 4.79 Å². The second-order valence-electron chi connectivity index (χ2n) is 7.79. The molecule has 1 saturated carbocycles. The molecule has 2 fully saturated rings. The lowest BCUT2D eigenvalue weighted by atomic mass is 9.96. The number of amides is 3. The summed E-state index contributed by atoms with van der Waals surface area (Å²) < 4.78 is 6.62. The molecule has 0 atom stereocenters. The van der Waals surface area contributed by atoms with Crippen LogP contribution >= 0.6 is 15.9 Å². The molecular weight excluding hydrogens is 422 g/mol. The van der Waals surface area contributed by atoms with Crippen LogP contribution in [0.2, 0.25) is 0 Å². The number of likely N-dealkylation sites (tertiary alicyclic amines) is 1. The van der Waals surface area contributed by atoms with E-state index in [0.29, 0.717) is 30.5 Å². The maximum atomic E-state index is 12.8. The minimum atomic E-state index is -0.0896. The second kappa shape index (κ2) is 8.55. The van der Waals surface area contributed by atoms with Crippen molar-refractivity contribution in [3.8, 4) is 0 Å². The Balaban J connectivity index is 1.29. The number of rotatable bonds is 3. The van der Waals surface area contributed by atoms with Crippen molar-refractivity contribution >= 4 is 38.8 Å². The number of nitrogens with one attached hydrogen (secondary N) is 2. The van der Waals surface area contributed by atoms with Crippen molar-refractivity contribution in [2.75, 3.05) is 13.1 Å². The number of benzene rings is 1. The zero-order chi connectivity index (χ0) is 19.5. The number of nitrogens with zero attached hydrogens (tertiary/aromatic N) is 1. The lowest BCUT2D eigenvalue weighted by Crippen LogP contribution is -2.51. The number of halogens is 1. The molecule has 0 unspecified atom stereocenters. The first-order valence-corrected chi connectivity index (χ1v) is 10.9. The molecule has 0 radical (unpaired) electrons. The van der Waals surface area contributed by atoms with Gasteiger partial charge in [0.2, 0.25) is 0 Å². The standard InChI is InChI=1S/C21H26BrN3O3/c22-17-8-4-5-14-13-18(28-19(14)17)20(26)25-11-9-16(10-12-25)24-21(27)23-15-6-2-1-3-7-15/h4-5,8,13,15-16H,1-3,6-7,9-12H2,(H2,23,24,27). The third-order valence-electron chi connectivity index (χ3n) is 5.76. The zero-order valence-corrected chi connectivity index (χ0v) is 17.5. The fraction of sp³-hybridized carbons (Fsp3) is 0.524. The van der Waals surface area contributed by atoms with Gasteiger partial charge in [-0.3, -0.25) is 4.79 Å². The van der Waals surface area contributed by atoms with Crippen molar-refractivity contribution in [2.24, 2.45) is 0 Å². The summed E-state index contributed by atoms with van der Waals surface area (Å²) in [7, 11) is 0. The van der Waals surface area contributed by atoms with Gasteiger partial charge in [-0.15, -0.1) is 0 Å². The van der Waals surface area contributed by atoms with Crippen LogP contribution in [-0.4, -0.2) is 42.0 Å². The van der Waals surface area contributed by atoms with Gasteiger partial charge >= 0.3 is 6.03 Å². The molecule has 0 bridgehead atoms. The van der Waals surface area contributed by atoms with Gasteiger partial charge < -0.3 is 20.0 Å². The molecule has 7 heteroatoms. The van der Waals surface area contributed by atoms with E-state index >= 15 is 0 Å². The Hall–Kier alpha value is -2.02. The van der Waals surface area contributed by atoms with Crippen LogP contribution in [0, 0.1) is 0 Å². The van der Waals surface area contributed by atoms with E-state index in [4.69, 9.17) is 4.42 Å². The molecule has 0 spiro atoms. The Morgan fingerprint density at radius 3 is 2.36 bits per heavy atom. The largest absolute Gasteiger partial charge is 0.450 e. The van der Waals surface area contributed by atoms with E-state index in [9.17, 15) is 9.59 Å². The van der Waals surface area contributed by atoms with Crippen molar-refractivity contribution in [1.29, 1.82) is 0 Å². The van der Waals surface area contributed by atoms with Gasteiger partial charge in [-0.2, -0.15) is 0 Å². The molecule has 2 N–H and O–H groups in total. The summed E-state index contributed by atoms with van der Waals surface area (Å²) in [5, 5.41) is 7.08. The van der Waals surface area contributed by atoms with E-state index in [-0.39, 0.29) is 18.0 Å². The van der Waals surface area contributed by atoms with Crippen molar-refractivity contribution in [3.05, 3.63) is 34.5 Å². The molecule has 2 aromatic rings. The number of furan rings is 1. The summed E-state index contributed by atoms with van der Waals surface area (Å²) in [6, 6.07) is 7.90. The Bertz CT molecular complexity index is 852. The van der Waals surface area contributed by atoms with Gasteiger partial charge in [0.05, 0.1) is 4.47 Å². The molecule has 1 aromatic heterocycles. The number of para-hydroxylation sites is 1. The van der Waals surface area contributed by atoms with Crippen molar-refractivity contribution in [1.82, 2.24) is 15.5 Å². The molecule has 2 heterocycles. The molecule has 4 rings (SSSR count). The van der Waals surface area contributed by atoms with Crippen LogP contribution in [0.15, 0.2) is 33.2 Å². The van der Waals surface area contributed by atoms with Gasteiger partial charge in [0, 0.05) is 30.6 Å². The van der Waals surface area contributed by atoms with Crippen LogP contribution in [0.1, 0.15) is 55.5 Å². The Labute approximate surface area is 173 Å². The van der Waals surface area contributed by atoms with Gasteiger partial charge in [-0.1, -0.05) is 31.4 Å². The van der Waals surface area contributed by atoms with Crippen molar-refractivity contribution < 1.29 is 14.0 Å². The van der Waals surface area contributed by atoms with Gasteiger partial charge in [0.1, 0.15) is 5.58 Å². The van der Waals surface area contributed by atoms with E-state index in [1.54, 1.807) is 6.07 Å². The second-order valence-corrected chi connectivity index (χ2v) is 8.64. The summed E-state index contributed by atoms with van der Waals surface area (Å²) in [5.41, 5.74) is 0.696. The van der Waals surface area contributed by atoms with Crippen LogP contribution in [0.4, 0.5) is 4.79 Å². The number of carbonyl (C=O) groups is 2. The Morgan fingerprint density at radius 1 is 1.00 bits per heavy atom. The zero-order valence-electron chi connectivity index (χ0n) is 15.9. The first kappa shape index (κ1) is 19.3. The minimum Gasteiger partial charge on any atom is -0.450 e. The molecule has 1 aliphatic carbocycles. The van der Waals surface area contributed by atoms with Crippen LogP contribution in [0.3, 0.4) is 0 Å². The van der Waals surface area contributed by atoms with E-state index < -0.39 is 0 Å². The van der Waals surface area contributed by atoms with Crippen molar-refractivity contribution in [2.45, 2.75) is 57.0 Å². The number of hydrogen-bond acceptors (Lipinski definition) is 3. The molecule has 6 nitrogen and oxygen atoms in total. The number of hydrogen-bond donors (Lipinski definition) is 2. The van der Waals surface area contributed by atoms with Crippen LogP contribution in [-0.2, 0) is 0 Å². The summed E-state index contributed by atoms with van der Waals surface area (Å²) in [6.45, 7) is 1.23. The predicted octanol–water partition coefficient (Wildman–Crippen LogP) is 4.43. The molecule has 28 heavy (non-hydrogen) atoms. The lowest BCUT2D eigenvalue weighted by Gasteiger charge is -2.32. The first-order chi connectivity index (χ1) is 13.6. The van der Waals surface area contributed by atoms with Crippen LogP contribution < -0.4 is 10.6 Å². The molecular formula is C21H26BrN3O3. The molecule has 1 aromatic carbocycles. The van der Waals surface area contributed by atoms with E-state index in [1.165, 1.54) is 19.3 Å². The molecule has 1 aliphatic heterocycles. The predicted molar refractivity (Wildman–Crippen MR) is 111 cm³/mol. The number of carbonyl (C=O) groups excluding carboxylic acids is 2. The van der Waals surface area contributed by atoms with Gasteiger partial charge in [-0.05, 0) is 53.7 Å². The Morgan fingerprint density at radius 2 is 1.68 bits per heavy atom. The highest BCUT2D eigenvalue weighted by atomic mass is 79.9. The average molecular weight is 448 g/mol. The van der Waals surface area contributed by atoms with E-state index in [1.807, 2.05) is 23.1 Å². The SMILES string of the molecule is O=C(NC1CCCCC1)NC1CCN(C(=O)c2cc3cccc(Br)c3o2)CC1. The smallest absolute Gasteiger partial charge is 0.315 e. The fourth-order valence-corrected chi connectivity index (χ4v) is 4.64. The molecule has 150 valence electrons. The number of urea groups is 1. The monoisotopic (exact) mass is 447 g/mol. The van der Waals surface area contributed by atoms with Crippen LogP contribution in [0.5, 0.6) is 0 Å². The molecule has 2 aliphatic rings. The topological polar surface area (TPSA) is 74.6 Å². The minimum absolute atomic E-state index is 0.0705. The van der Waals surface area contributed by atoms with E-state index in [0.717, 1.165) is 35.5 Å². The van der Waals surface area contributed by atoms with Crippen molar-refractivity contribution in [3.63, 3.8) is 0 Å². The lowest BCUT2D eigenvalue weighted by molar-refractivity contribution is 0.0678. The summed E-state index contributed by atoms with van der Waals surface area (Å²) in [4.78, 5) is 26.8. The first-order valence-electron chi connectivity index (χ1n) is 10.1. The fourth-order valence-electron chi connectivity index (χ4n) is 4.18. The third kappa shape index (κ3) is 4.35. The van der Waals surface area contributed by atoms with Gasteiger partial charge in [0.25, 0.3) is 5.91 Å². The number of fused-ring (bicyclic) bond motifs is 1. The third-order valence-corrected chi connectivity index (χ3v) is 6.39. The highest BCUT2D eigenvalue weighted by Gasteiger charge is 2.27. The average Bonchev–Trinajstić information content (AvgIpc) is 3.14. The summed E-state index contributed by atoms with van der Waals surface area (Å²) in [5.74, 6) is 0.275. The molecule has 1 saturated heterocycles. The van der Waals surface area contributed by atoms with E-state index in [2.05, 4.69) is 26.6 Å². The highest BCUT2D eigenvalue weighted by molar-refractivity contribution is 9.10. The van der Waals surface area contributed by atoms with Crippen LogP contribution in [0.25, 0.3) is 11.0 Å². The maximum absolute atomic E-state index is 12.8. The maximum Gasteiger partial charge on any atom is 0.315 e. The highest BCUT2D eigenvalue weighted by Crippen LogP contribution is 2.28. The molecule has 3 amide bonds. The Kier molecular flexibility index (Phi) is 5.90. The number of piperidine rings is 1. The van der Waals surface area contributed by atoms with Gasteiger partial charge in [0.15, 0.2) is 5.76 Å². The quantitative estimate of drug-likeness (QED) is 0.730. The summed E-state index contributed by atoms with van der Waals surface area (Å²) in [6.07, 6.45) is 7.34. The normalized spacial score (nSPS) is 19.0. The summed E-state index contributed by atoms with van der Waals surface area (Å²) >= 11 is 3.46.